The minimum absolute atomic E-state index is 0.666. The molecule has 2 heterocycles. The van der Waals surface area contributed by atoms with E-state index in [4.69, 9.17) is 0 Å². The molecular formula is C17H15N2O2S2-. The van der Waals surface area contributed by atoms with Gasteiger partial charge in [-0.25, -0.2) is 9.97 Å². The molecule has 0 aliphatic heterocycles. The van der Waals surface area contributed by atoms with Crippen molar-refractivity contribution in [3.8, 4) is 11.1 Å². The molecule has 0 fully saturated rings. The molecular weight excluding hydrogens is 328 g/mol. The average Bonchev–Trinajstić information content (AvgIpc) is 2.95. The minimum atomic E-state index is -1.09. The molecule has 0 spiro atoms. The van der Waals surface area contributed by atoms with E-state index in [0.29, 0.717) is 5.03 Å². The standard InChI is InChI=1S/C17H16N2O2S2/c1-9-4-5-12(6-10(9)2)13-7-22-15-14(13)16(19-8-18-15)23-11(3)17(20)21/h4-8,11H,1-3H3,(H,20,21)/p-1/t11-/m1/s1. The summed E-state index contributed by atoms with van der Waals surface area (Å²) in [5, 5.41) is 14.0. The summed E-state index contributed by atoms with van der Waals surface area (Å²) in [6, 6.07) is 6.31. The van der Waals surface area contributed by atoms with E-state index in [2.05, 4.69) is 47.4 Å². The summed E-state index contributed by atoms with van der Waals surface area (Å²) < 4.78 is 0. The van der Waals surface area contributed by atoms with E-state index in [1.54, 1.807) is 18.3 Å². The van der Waals surface area contributed by atoms with E-state index >= 15 is 0 Å². The molecule has 6 heteroatoms. The van der Waals surface area contributed by atoms with Crippen LogP contribution in [0.4, 0.5) is 0 Å². The van der Waals surface area contributed by atoms with Gasteiger partial charge in [0.2, 0.25) is 0 Å². The molecule has 3 aromatic rings. The predicted molar refractivity (Wildman–Crippen MR) is 92.7 cm³/mol. The van der Waals surface area contributed by atoms with Crippen molar-refractivity contribution < 1.29 is 9.90 Å². The SMILES string of the molecule is Cc1ccc(-c2csc3ncnc(S[C@H](C)C(=O)[O-])c23)cc1C. The largest absolute Gasteiger partial charge is 0.549 e. The van der Waals surface area contributed by atoms with E-state index in [1.807, 2.05) is 0 Å². The third-order valence-corrected chi connectivity index (χ3v) is 5.74. The number of nitrogens with zero attached hydrogens (tertiary/aromatic N) is 2. The molecule has 0 radical (unpaired) electrons. The highest BCUT2D eigenvalue weighted by atomic mass is 32.2. The van der Waals surface area contributed by atoms with E-state index in [-0.39, 0.29) is 0 Å². The molecule has 23 heavy (non-hydrogen) atoms. The summed E-state index contributed by atoms with van der Waals surface area (Å²) in [5.41, 5.74) is 4.60. The van der Waals surface area contributed by atoms with Gasteiger partial charge in [0.15, 0.2) is 0 Å². The third-order valence-electron chi connectivity index (χ3n) is 3.77. The summed E-state index contributed by atoms with van der Waals surface area (Å²) in [5.74, 6) is -1.09. The Morgan fingerprint density at radius 2 is 2.04 bits per heavy atom. The predicted octanol–water partition coefficient (Wildman–Crippen LogP) is 3.21. The Balaban J connectivity index is 2.14. The lowest BCUT2D eigenvalue weighted by Crippen LogP contribution is -2.31. The minimum Gasteiger partial charge on any atom is -0.549 e. The van der Waals surface area contributed by atoms with Crippen LogP contribution in [0.15, 0.2) is 34.9 Å². The van der Waals surface area contributed by atoms with Crippen LogP contribution in [0.5, 0.6) is 0 Å². The summed E-state index contributed by atoms with van der Waals surface area (Å²) in [6.45, 7) is 5.77. The first-order valence-corrected chi connectivity index (χ1v) is 8.90. The topological polar surface area (TPSA) is 65.9 Å². The maximum atomic E-state index is 11.0. The molecule has 118 valence electrons. The van der Waals surface area contributed by atoms with Crippen molar-refractivity contribution in [3.63, 3.8) is 0 Å². The number of aliphatic carboxylic acids is 1. The molecule has 0 saturated heterocycles. The number of carboxylic acids is 1. The second kappa shape index (κ2) is 6.29. The van der Waals surface area contributed by atoms with Crippen LogP contribution in [0.1, 0.15) is 18.1 Å². The van der Waals surface area contributed by atoms with Crippen LogP contribution < -0.4 is 5.11 Å². The quantitative estimate of drug-likeness (QED) is 0.537. The molecule has 0 N–H and O–H groups in total. The van der Waals surface area contributed by atoms with E-state index in [9.17, 15) is 9.90 Å². The number of carbonyl (C=O) groups excluding carboxylic acids is 1. The van der Waals surface area contributed by atoms with Crippen LogP contribution in [-0.4, -0.2) is 21.2 Å². The number of thioether (sulfide) groups is 1. The maximum Gasteiger partial charge on any atom is 0.128 e. The zero-order valence-corrected chi connectivity index (χ0v) is 14.6. The Kier molecular flexibility index (Phi) is 4.37. The lowest BCUT2D eigenvalue weighted by atomic mass is 10.0. The molecule has 0 bridgehead atoms. The number of thiophene rings is 1. The second-order valence-corrected chi connectivity index (χ2v) is 7.57. The number of carboxylic acid groups (broad SMARTS) is 1. The van der Waals surface area contributed by atoms with Gasteiger partial charge in [-0.05, 0) is 37.5 Å². The number of rotatable bonds is 4. The van der Waals surface area contributed by atoms with Crippen molar-refractivity contribution in [3.05, 3.63) is 41.0 Å². The van der Waals surface area contributed by atoms with Gasteiger partial charge >= 0.3 is 0 Å². The number of hydrogen-bond acceptors (Lipinski definition) is 6. The highest BCUT2D eigenvalue weighted by Gasteiger charge is 2.16. The lowest BCUT2D eigenvalue weighted by molar-refractivity contribution is -0.304. The summed E-state index contributed by atoms with van der Waals surface area (Å²) in [6.07, 6.45) is 1.48. The van der Waals surface area contributed by atoms with Gasteiger partial charge in [0.05, 0.1) is 11.4 Å². The summed E-state index contributed by atoms with van der Waals surface area (Å²) in [4.78, 5) is 20.5. The number of aromatic nitrogens is 2. The lowest BCUT2D eigenvalue weighted by Gasteiger charge is -2.12. The molecule has 0 amide bonds. The first-order valence-electron chi connectivity index (χ1n) is 7.14. The van der Waals surface area contributed by atoms with Crippen molar-refractivity contribution in [2.75, 3.05) is 0 Å². The molecule has 0 aliphatic rings. The van der Waals surface area contributed by atoms with E-state index in [1.165, 1.54) is 29.2 Å². The van der Waals surface area contributed by atoms with Crippen LogP contribution in [0.2, 0.25) is 0 Å². The number of aryl methyl sites for hydroxylation is 2. The van der Waals surface area contributed by atoms with Crippen molar-refractivity contribution in [1.82, 2.24) is 9.97 Å². The van der Waals surface area contributed by atoms with Gasteiger partial charge in [-0.3, -0.25) is 0 Å². The third kappa shape index (κ3) is 3.09. The normalized spacial score (nSPS) is 12.5. The van der Waals surface area contributed by atoms with Crippen molar-refractivity contribution in [1.29, 1.82) is 0 Å². The molecule has 0 unspecified atom stereocenters. The zero-order valence-electron chi connectivity index (χ0n) is 13.0. The number of hydrogen-bond donors (Lipinski definition) is 0. The van der Waals surface area contributed by atoms with Crippen LogP contribution >= 0.6 is 23.1 Å². The van der Waals surface area contributed by atoms with Gasteiger partial charge < -0.3 is 9.90 Å². The molecule has 1 aromatic carbocycles. The Labute approximate surface area is 142 Å². The monoisotopic (exact) mass is 343 g/mol. The van der Waals surface area contributed by atoms with Gasteiger partial charge in [-0.15, -0.1) is 11.3 Å². The fourth-order valence-electron chi connectivity index (χ4n) is 2.27. The van der Waals surface area contributed by atoms with Crippen LogP contribution in [0, 0.1) is 13.8 Å². The van der Waals surface area contributed by atoms with E-state index in [0.717, 1.165) is 21.3 Å². The Bertz CT molecular complexity index is 889. The average molecular weight is 343 g/mol. The Hall–Kier alpha value is -1.92. The van der Waals surface area contributed by atoms with Crippen LogP contribution in [0.25, 0.3) is 21.3 Å². The van der Waals surface area contributed by atoms with E-state index < -0.39 is 11.2 Å². The van der Waals surface area contributed by atoms with Crippen LogP contribution in [-0.2, 0) is 4.79 Å². The second-order valence-electron chi connectivity index (χ2n) is 5.39. The highest BCUT2D eigenvalue weighted by molar-refractivity contribution is 8.00. The number of carbonyl (C=O) groups is 1. The fraction of sp³-hybridized carbons (Fsp3) is 0.235. The summed E-state index contributed by atoms with van der Waals surface area (Å²) >= 11 is 2.74. The van der Waals surface area contributed by atoms with Crippen molar-refractivity contribution in [2.45, 2.75) is 31.0 Å². The van der Waals surface area contributed by atoms with Gasteiger partial charge in [0.25, 0.3) is 0 Å². The first-order chi connectivity index (χ1) is 11.0. The molecule has 1 atom stereocenters. The number of benzene rings is 1. The van der Waals surface area contributed by atoms with Gasteiger partial charge in [0, 0.05) is 16.2 Å². The molecule has 2 aromatic heterocycles. The molecule has 4 nitrogen and oxygen atoms in total. The molecule has 3 rings (SSSR count). The molecule has 0 aliphatic carbocycles. The van der Waals surface area contributed by atoms with Gasteiger partial charge in [-0.2, -0.15) is 0 Å². The Morgan fingerprint density at radius 3 is 2.74 bits per heavy atom. The van der Waals surface area contributed by atoms with Crippen LogP contribution in [0.3, 0.4) is 0 Å². The maximum absolute atomic E-state index is 11.0. The first kappa shape index (κ1) is 16.0. The summed E-state index contributed by atoms with van der Waals surface area (Å²) in [7, 11) is 0. The van der Waals surface area contributed by atoms with Gasteiger partial charge in [0.1, 0.15) is 16.2 Å². The van der Waals surface area contributed by atoms with Gasteiger partial charge in [-0.1, -0.05) is 30.0 Å². The Morgan fingerprint density at radius 1 is 1.26 bits per heavy atom. The highest BCUT2D eigenvalue weighted by Crippen LogP contribution is 2.39. The number of fused-ring (bicyclic) bond motifs is 1. The van der Waals surface area contributed by atoms with Crippen molar-refractivity contribution >= 4 is 39.3 Å². The smallest absolute Gasteiger partial charge is 0.128 e. The molecule has 0 saturated carbocycles. The van der Waals surface area contributed by atoms with Crippen molar-refractivity contribution in [2.24, 2.45) is 0 Å². The fourth-order valence-corrected chi connectivity index (χ4v) is 4.12. The zero-order chi connectivity index (χ0) is 16.6.